The van der Waals surface area contributed by atoms with Crippen molar-refractivity contribution >= 4 is 21.6 Å². The smallest absolute Gasteiger partial charge is 0.0418 e. The molecule has 1 heterocycles. The first-order valence-electron chi connectivity index (χ1n) is 6.67. The predicted octanol–water partition coefficient (Wildman–Crippen LogP) is 4.58. The zero-order chi connectivity index (χ0) is 14.0. The van der Waals surface area contributed by atoms with Gasteiger partial charge in [0, 0.05) is 35.1 Å². The molecule has 0 aliphatic heterocycles. The van der Waals surface area contributed by atoms with Crippen LogP contribution < -0.4 is 5.32 Å². The molecule has 0 saturated carbocycles. The average Bonchev–Trinajstić information content (AvgIpc) is 2.64. The van der Waals surface area contributed by atoms with E-state index < -0.39 is 0 Å². The molecule has 3 heteroatoms. The minimum Gasteiger partial charge on any atom is -0.381 e. The summed E-state index contributed by atoms with van der Waals surface area (Å²) in [6.07, 6.45) is 1.04. The van der Waals surface area contributed by atoms with Gasteiger partial charge in [-0.3, -0.25) is 0 Å². The average molecular weight is 321 g/mol. The van der Waals surface area contributed by atoms with Gasteiger partial charge in [-0.15, -0.1) is 0 Å². The van der Waals surface area contributed by atoms with Gasteiger partial charge in [-0.2, -0.15) is 0 Å². The highest BCUT2D eigenvalue weighted by molar-refractivity contribution is 9.10. The van der Waals surface area contributed by atoms with E-state index in [-0.39, 0.29) is 0 Å². The van der Waals surface area contributed by atoms with Gasteiger partial charge in [-0.05, 0) is 55.7 Å². The van der Waals surface area contributed by atoms with Gasteiger partial charge >= 0.3 is 0 Å². The van der Waals surface area contributed by atoms with Crippen molar-refractivity contribution < 1.29 is 0 Å². The van der Waals surface area contributed by atoms with E-state index in [1.165, 1.54) is 28.2 Å². The van der Waals surface area contributed by atoms with Crippen LogP contribution in [0.25, 0.3) is 0 Å². The Balaban J connectivity index is 2.16. The highest BCUT2D eigenvalue weighted by Crippen LogP contribution is 2.23. The molecular weight excluding hydrogens is 300 g/mol. The number of nitrogens with one attached hydrogen (secondary N) is 1. The number of nitrogens with zero attached hydrogens (tertiary/aromatic N) is 1. The van der Waals surface area contributed by atoms with Crippen molar-refractivity contribution in [1.29, 1.82) is 0 Å². The predicted molar refractivity (Wildman–Crippen MR) is 85.7 cm³/mol. The molecule has 19 heavy (non-hydrogen) atoms. The van der Waals surface area contributed by atoms with E-state index in [1.807, 2.05) is 0 Å². The molecule has 0 aliphatic carbocycles. The van der Waals surface area contributed by atoms with E-state index in [1.54, 1.807) is 0 Å². The summed E-state index contributed by atoms with van der Waals surface area (Å²) in [4.78, 5) is 0. The molecule has 0 atom stereocenters. The fraction of sp³-hybridized carbons (Fsp3) is 0.375. The van der Waals surface area contributed by atoms with Crippen LogP contribution in [0.1, 0.15) is 29.4 Å². The Kier molecular flexibility index (Phi) is 4.35. The van der Waals surface area contributed by atoms with Gasteiger partial charge in [-0.1, -0.05) is 22.9 Å². The lowest BCUT2D eigenvalue weighted by atomic mass is 10.1. The van der Waals surface area contributed by atoms with Crippen molar-refractivity contribution in [3.8, 4) is 0 Å². The Bertz CT molecular complexity index is 585. The summed E-state index contributed by atoms with van der Waals surface area (Å²) < 4.78 is 3.38. The van der Waals surface area contributed by atoms with Crippen LogP contribution in [-0.4, -0.2) is 4.57 Å². The number of anilines is 1. The van der Waals surface area contributed by atoms with Gasteiger partial charge in [0.05, 0.1) is 0 Å². The first-order chi connectivity index (χ1) is 9.02. The van der Waals surface area contributed by atoms with E-state index >= 15 is 0 Å². The summed E-state index contributed by atoms with van der Waals surface area (Å²) in [5.41, 5.74) is 6.58. The molecule has 0 fully saturated rings. The number of hydrogen-bond donors (Lipinski definition) is 1. The van der Waals surface area contributed by atoms with Crippen LogP contribution in [-0.2, 0) is 20.0 Å². The zero-order valence-corrected chi connectivity index (χ0v) is 13.6. The molecule has 2 aromatic rings. The molecule has 0 unspecified atom stereocenters. The molecule has 0 amide bonds. The van der Waals surface area contributed by atoms with Gasteiger partial charge in [0.2, 0.25) is 0 Å². The second-order valence-corrected chi connectivity index (χ2v) is 5.88. The summed E-state index contributed by atoms with van der Waals surface area (Å²) in [6, 6.07) is 8.68. The van der Waals surface area contributed by atoms with Crippen LogP contribution >= 0.6 is 15.9 Å². The molecule has 2 nitrogen and oxygen atoms in total. The quantitative estimate of drug-likeness (QED) is 0.872. The standard InChI is InChI=1S/C16H21BrN2/c1-5-13-9-15(17)6-7-16(13)18-10-14-8-11(2)19(4)12(14)3/h6-9,18H,5,10H2,1-4H3. The van der Waals surface area contributed by atoms with E-state index in [2.05, 4.69) is 77.9 Å². The normalized spacial score (nSPS) is 10.8. The fourth-order valence-electron chi connectivity index (χ4n) is 2.33. The molecule has 0 bridgehead atoms. The zero-order valence-electron chi connectivity index (χ0n) is 12.0. The summed E-state index contributed by atoms with van der Waals surface area (Å²) >= 11 is 3.53. The number of rotatable bonds is 4. The van der Waals surface area contributed by atoms with Crippen molar-refractivity contribution in [1.82, 2.24) is 4.57 Å². The van der Waals surface area contributed by atoms with E-state index in [9.17, 15) is 0 Å². The third kappa shape index (κ3) is 3.03. The number of benzene rings is 1. The maximum absolute atomic E-state index is 3.55. The number of aryl methyl sites for hydroxylation is 2. The van der Waals surface area contributed by atoms with Crippen molar-refractivity contribution in [3.05, 3.63) is 51.3 Å². The molecule has 0 radical (unpaired) electrons. The number of halogens is 1. The Labute approximate surface area is 124 Å². The highest BCUT2D eigenvalue weighted by atomic mass is 79.9. The van der Waals surface area contributed by atoms with Gasteiger partial charge in [-0.25, -0.2) is 0 Å². The van der Waals surface area contributed by atoms with Crippen LogP contribution in [0.4, 0.5) is 5.69 Å². The first kappa shape index (κ1) is 14.2. The van der Waals surface area contributed by atoms with Crippen LogP contribution in [0.3, 0.4) is 0 Å². The van der Waals surface area contributed by atoms with Crippen molar-refractivity contribution in [2.75, 3.05) is 5.32 Å². The lowest BCUT2D eigenvalue weighted by Gasteiger charge is -2.11. The van der Waals surface area contributed by atoms with Crippen molar-refractivity contribution in [2.24, 2.45) is 7.05 Å². The molecule has 1 N–H and O–H groups in total. The van der Waals surface area contributed by atoms with Crippen LogP contribution in [0.2, 0.25) is 0 Å². The Morgan fingerprint density at radius 2 is 1.89 bits per heavy atom. The molecule has 0 aliphatic rings. The fourth-order valence-corrected chi connectivity index (χ4v) is 2.74. The molecule has 1 aromatic heterocycles. The highest BCUT2D eigenvalue weighted by Gasteiger charge is 2.07. The van der Waals surface area contributed by atoms with Crippen LogP contribution in [0.5, 0.6) is 0 Å². The molecule has 0 spiro atoms. The maximum atomic E-state index is 3.55. The summed E-state index contributed by atoms with van der Waals surface area (Å²) in [6.45, 7) is 7.38. The van der Waals surface area contributed by atoms with Crippen LogP contribution in [0, 0.1) is 13.8 Å². The summed E-state index contributed by atoms with van der Waals surface area (Å²) in [5, 5.41) is 3.55. The van der Waals surface area contributed by atoms with E-state index in [4.69, 9.17) is 0 Å². The van der Waals surface area contributed by atoms with E-state index in [0.717, 1.165) is 17.4 Å². The monoisotopic (exact) mass is 320 g/mol. The molecule has 1 aromatic carbocycles. The van der Waals surface area contributed by atoms with Crippen LogP contribution in [0.15, 0.2) is 28.7 Å². The largest absolute Gasteiger partial charge is 0.381 e. The molecule has 2 rings (SSSR count). The minimum absolute atomic E-state index is 0.877. The third-order valence-electron chi connectivity index (χ3n) is 3.80. The molecule has 102 valence electrons. The van der Waals surface area contributed by atoms with Crippen molar-refractivity contribution in [2.45, 2.75) is 33.7 Å². The topological polar surface area (TPSA) is 17.0 Å². The summed E-state index contributed by atoms with van der Waals surface area (Å²) in [5.74, 6) is 0. The van der Waals surface area contributed by atoms with E-state index in [0.29, 0.717) is 0 Å². The Hall–Kier alpha value is -1.22. The Morgan fingerprint density at radius 1 is 1.16 bits per heavy atom. The molecular formula is C16H21BrN2. The lowest BCUT2D eigenvalue weighted by molar-refractivity contribution is 0.837. The SMILES string of the molecule is CCc1cc(Br)ccc1NCc1cc(C)n(C)c1C. The number of hydrogen-bond acceptors (Lipinski definition) is 1. The lowest BCUT2D eigenvalue weighted by Crippen LogP contribution is -2.03. The first-order valence-corrected chi connectivity index (χ1v) is 7.46. The molecule has 0 saturated heterocycles. The maximum Gasteiger partial charge on any atom is 0.0418 e. The Morgan fingerprint density at radius 3 is 2.47 bits per heavy atom. The van der Waals surface area contributed by atoms with Gasteiger partial charge in [0.15, 0.2) is 0 Å². The second-order valence-electron chi connectivity index (χ2n) is 4.96. The van der Waals surface area contributed by atoms with Gasteiger partial charge in [0.25, 0.3) is 0 Å². The second kappa shape index (κ2) is 5.83. The third-order valence-corrected chi connectivity index (χ3v) is 4.29. The van der Waals surface area contributed by atoms with Gasteiger partial charge in [0.1, 0.15) is 0 Å². The summed E-state index contributed by atoms with van der Waals surface area (Å²) in [7, 11) is 2.12. The van der Waals surface area contributed by atoms with Crippen molar-refractivity contribution in [3.63, 3.8) is 0 Å². The minimum atomic E-state index is 0.877. The number of aromatic nitrogens is 1. The van der Waals surface area contributed by atoms with Gasteiger partial charge < -0.3 is 9.88 Å².